The minimum atomic E-state index is -1.84. The minimum absolute atomic E-state index is 0.0337. The smallest absolute Gasteiger partial charge is 0.330 e. The Morgan fingerprint density at radius 3 is 1.64 bits per heavy atom. The summed E-state index contributed by atoms with van der Waals surface area (Å²) < 4.78 is 45.8. The molecule has 3 saturated carbocycles. The van der Waals surface area contributed by atoms with Crippen molar-refractivity contribution < 1.29 is 119 Å². The Labute approximate surface area is 379 Å². The summed E-state index contributed by atoms with van der Waals surface area (Å²) in [6.45, 7) is -1.97. The lowest BCUT2D eigenvalue weighted by molar-refractivity contribution is -0.367. The number of allylic oxidation sites excluding steroid dienone is 1. The lowest BCUT2D eigenvalue weighted by Gasteiger charge is -2.50. The van der Waals surface area contributed by atoms with Gasteiger partial charge in [0.1, 0.15) is 86.0 Å². The topological polar surface area (TPSA) is 398 Å². The summed E-state index contributed by atoms with van der Waals surface area (Å²) in [4.78, 5) is 13.0. The van der Waals surface area contributed by atoms with Crippen LogP contribution in [0.3, 0.4) is 0 Å². The molecular weight excluding hydrogens is 888 g/mol. The number of aliphatic hydroxyl groups is 17. The molecule has 4 saturated heterocycles. The van der Waals surface area contributed by atoms with Crippen LogP contribution < -0.4 is 0 Å². The zero-order valence-corrected chi connectivity index (χ0v) is 36.1. The van der Waals surface area contributed by atoms with Crippen molar-refractivity contribution in [3.05, 3.63) is 12.2 Å². The lowest BCUT2D eigenvalue weighted by Crippen LogP contribution is -2.64. The fourth-order valence-corrected chi connectivity index (χ4v) is 10.6. The first kappa shape index (κ1) is 52.2. The van der Waals surface area contributed by atoms with Gasteiger partial charge >= 0.3 is 5.97 Å². The van der Waals surface area contributed by atoms with Crippen molar-refractivity contribution in [1.82, 2.24) is 0 Å². The monoisotopic (exact) mass is 957 g/mol. The van der Waals surface area contributed by atoms with Crippen LogP contribution >= 0.6 is 0 Å². The molecule has 66 heavy (non-hydrogen) atoms. The second kappa shape index (κ2) is 22.6. The van der Waals surface area contributed by atoms with Crippen molar-refractivity contribution in [1.29, 1.82) is 0 Å². The first-order chi connectivity index (χ1) is 31.4. The molecule has 7 aliphatic rings. The highest BCUT2D eigenvalue weighted by molar-refractivity contribution is 5.81. The number of carbonyl (C=O) groups excluding carboxylic acids is 1. The SMILES string of the molecule is O=C(C=CC1CCC(O)C(O[C@@H]2O[C@H](CO)[C@@H](O)[C@H](O)[C@H]2O)C1)OC[C@H]1O[C@@H](OC2CC3C(O[C@@H]4O[C@H](CO)[C@@H](O)[C@H](O)[C@H]4O)CC(O)CC3[OH+]C2C2CCC(O)C(O)C2)[C@H](O)[C@@H](O)[C@@H]1O. The predicted octanol–water partition coefficient (Wildman–Crippen LogP) is -7.23. The zero-order valence-electron chi connectivity index (χ0n) is 36.1. The number of esters is 1. The fraction of sp³-hybridized carbons (Fsp3) is 0.929. The van der Waals surface area contributed by atoms with E-state index in [2.05, 4.69) is 0 Å². The molecule has 0 aromatic heterocycles. The number of fused-ring (bicyclic) bond motifs is 1. The van der Waals surface area contributed by atoms with Gasteiger partial charge in [-0.15, -0.1) is 0 Å². The molecule has 0 radical (unpaired) electrons. The second-order valence-electron chi connectivity index (χ2n) is 19.0. The average molecular weight is 958 g/mol. The summed E-state index contributed by atoms with van der Waals surface area (Å²) in [5, 5.41) is 157. The van der Waals surface area contributed by atoms with E-state index in [-0.39, 0.29) is 56.8 Å². The van der Waals surface area contributed by atoms with Gasteiger partial charge in [-0.3, -0.25) is 0 Å². The lowest BCUT2D eigenvalue weighted by atomic mass is 9.72. The van der Waals surface area contributed by atoms with Crippen LogP contribution in [0.25, 0.3) is 0 Å². The van der Waals surface area contributed by atoms with Gasteiger partial charge in [0.2, 0.25) is 0 Å². The van der Waals surface area contributed by atoms with Crippen LogP contribution in [0, 0.1) is 17.8 Å². The van der Waals surface area contributed by atoms with Crippen LogP contribution in [0.4, 0.5) is 0 Å². The van der Waals surface area contributed by atoms with Crippen molar-refractivity contribution in [2.45, 2.75) is 205 Å². The number of ether oxygens (including phenoxy) is 8. The van der Waals surface area contributed by atoms with Gasteiger partial charge in [-0.2, -0.15) is 0 Å². The number of aliphatic hydroxyl groups excluding tert-OH is 15. The van der Waals surface area contributed by atoms with Crippen molar-refractivity contribution >= 4 is 5.97 Å². The molecule has 7 fully saturated rings. The molecule has 3 aliphatic carbocycles. The second-order valence-corrected chi connectivity index (χ2v) is 19.0. The molecule has 24 heteroatoms. The summed E-state index contributed by atoms with van der Waals surface area (Å²) in [5.41, 5.74) is 0. The maximum absolute atomic E-state index is 13.0. The number of rotatable bonds is 13. The maximum Gasteiger partial charge on any atom is 0.330 e. The Morgan fingerprint density at radius 1 is 0.530 bits per heavy atom. The van der Waals surface area contributed by atoms with E-state index in [0.29, 0.717) is 12.8 Å². The van der Waals surface area contributed by atoms with Gasteiger partial charge in [-0.25, -0.2) is 4.79 Å². The molecule has 24 nitrogen and oxygen atoms in total. The third-order valence-electron chi connectivity index (χ3n) is 14.5. The van der Waals surface area contributed by atoms with E-state index < -0.39 is 179 Å². The molecule has 12 unspecified atom stereocenters. The summed E-state index contributed by atoms with van der Waals surface area (Å²) in [6.07, 6.45) is -27.4. The molecule has 7 rings (SSSR count). The zero-order chi connectivity index (χ0) is 47.7. The Hall–Kier alpha value is -1.67. The molecular formula is C42H69O24+. The van der Waals surface area contributed by atoms with E-state index in [0.717, 1.165) is 6.08 Å². The number of hydrogen-bond donors (Lipinski definition) is 15. The van der Waals surface area contributed by atoms with Crippen LogP contribution in [0.15, 0.2) is 12.2 Å². The van der Waals surface area contributed by atoms with Gasteiger partial charge in [-0.05, 0) is 50.9 Å². The third-order valence-corrected chi connectivity index (χ3v) is 14.5. The molecule has 0 amide bonds. The Kier molecular flexibility index (Phi) is 17.9. The van der Waals surface area contributed by atoms with Gasteiger partial charge in [0.25, 0.3) is 0 Å². The minimum Gasteiger partial charge on any atom is -0.460 e. The van der Waals surface area contributed by atoms with Gasteiger partial charge < -0.3 is 114 Å². The van der Waals surface area contributed by atoms with Crippen LogP contribution in [-0.2, 0) is 38.0 Å². The quantitative estimate of drug-likeness (QED) is 0.0463. The van der Waals surface area contributed by atoms with Crippen LogP contribution in [-0.4, -0.2) is 254 Å². The van der Waals surface area contributed by atoms with Gasteiger partial charge in [0, 0.05) is 24.8 Å². The molecule has 0 aromatic rings. The fourth-order valence-electron chi connectivity index (χ4n) is 10.6. The van der Waals surface area contributed by atoms with Crippen LogP contribution in [0.1, 0.15) is 57.8 Å². The summed E-state index contributed by atoms with van der Waals surface area (Å²) >= 11 is 0. The van der Waals surface area contributed by atoms with Crippen molar-refractivity contribution in [2.75, 3.05) is 19.8 Å². The first-order valence-corrected chi connectivity index (χ1v) is 22.9. The maximum atomic E-state index is 13.0. The molecule has 16 N–H and O–H groups in total. The molecule has 4 heterocycles. The van der Waals surface area contributed by atoms with E-state index in [9.17, 15) is 81.4 Å². The highest BCUT2D eigenvalue weighted by Crippen LogP contribution is 2.44. The van der Waals surface area contributed by atoms with Crippen molar-refractivity contribution in [3.8, 4) is 0 Å². The molecule has 27 atom stereocenters. The summed E-state index contributed by atoms with van der Waals surface area (Å²) in [6, 6.07) is 0. The van der Waals surface area contributed by atoms with E-state index in [1.807, 2.05) is 0 Å². The molecule has 0 spiro atoms. The van der Waals surface area contributed by atoms with E-state index >= 15 is 0 Å². The molecule has 4 aliphatic heterocycles. The standard InChI is InChI=1S/C42H68O24/c43-12-26-30(50)33(53)36(56)40(64-26)61-23-10-17(45)9-22-18(23)11-25(39(60-22)16-3-5-19(46)21(48)8-16)63-42-38(58)35(55)32(52)28(66-42)14-59-29(49)6-2-15-1-4-20(47)24(7-15)62-41-37(57)34(54)31(51)27(13-44)65-41/h2,6,15-28,30-48,50-58H,1,3-5,7-14H2/p+1/t15?,16?,17?,18?,19?,20?,21?,22?,23?,24?,25?,26-,27-,28-,30-,31-,32-,33+,34+,35+,36-,37-,38-,39?,40-,41-,42-/m1/s1. The van der Waals surface area contributed by atoms with Crippen LogP contribution in [0.5, 0.6) is 0 Å². The number of carbonyl (C=O) groups is 1. The van der Waals surface area contributed by atoms with Crippen LogP contribution in [0.2, 0.25) is 0 Å². The molecule has 0 aromatic carbocycles. The van der Waals surface area contributed by atoms with Crippen molar-refractivity contribution in [2.24, 2.45) is 17.8 Å². The predicted molar refractivity (Wildman–Crippen MR) is 215 cm³/mol. The normalized spacial score (nSPS) is 51.6. The largest absolute Gasteiger partial charge is 0.460 e. The highest BCUT2D eigenvalue weighted by Gasteiger charge is 2.57. The average Bonchev–Trinajstić information content (AvgIpc) is 3.29. The molecule has 0 bridgehead atoms. The summed E-state index contributed by atoms with van der Waals surface area (Å²) in [5.74, 6) is -2.14. The van der Waals surface area contributed by atoms with E-state index in [4.69, 9.17) is 37.9 Å². The van der Waals surface area contributed by atoms with E-state index in [1.165, 1.54) is 6.08 Å². The van der Waals surface area contributed by atoms with Gasteiger partial charge in [0.05, 0.1) is 55.8 Å². The highest BCUT2D eigenvalue weighted by atomic mass is 16.7. The first-order valence-electron chi connectivity index (χ1n) is 22.9. The Morgan fingerprint density at radius 2 is 1.06 bits per heavy atom. The van der Waals surface area contributed by atoms with Gasteiger partial charge in [0.15, 0.2) is 31.1 Å². The van der Waals surface area contributed by atoms with E-state index in [1.54, 1.807) is 0 Å². The van der Waals surface area contributed by atoms with Gasteiger partial charge in [-0.1, -0.05) is 6.08 Å². The number of hydrogen-bond acceptors (Lipinski definition) is 23. The Bertz CT molecular complexity index is 1580. The third kappa shape index (κ3) is 11.6. The Balaban J connectivity index is 0.996. The summed E-state index contributed by atoms with van der Waals surface area (Å²) in [7, 11) is 0. The van der Waals surface area contributed by atoms with Crippen molar-refractivity contribution in [3.63, 3.8) is 0 Å². The molecule has 380 valence electrons.